The molecule has 0 unspecified atom stereocenters. The molecule has 1 aromatic carbocycles. The van der Waals surface area contributed by atoms with Gasteiger partial charge in [-0.15, -0.1) is 0 Å². The van der Waals surface area contributed by atoms with Crippen LogP contribution >= 0.6 is 11.7 Å². The molecule has 140 valence electrons. The second-order valence-corrected chi connectivity index (χ2v) is 7.64. The van der Waals surface area contributed by atoms with E-state index in [0.717, 1.165) is 35.4 Å². The summed E-state index contributed by atoms with van der Waals surface area (Å²) in [5.74, 6) is 0.961. The maximum absolute atomic E-state index is 5.94. The van der Waals surface area contributed by atoms with Crippen LogP contribution in [0, 0.1) is 6.92 Å². The predicted molar refractivity (Wildman–Crippen MR) is 109 cm³/mol. The van der Waals surface area contributed by atoms with E-state index in [-0.39, 0.29) is 0 Å². The average Bonchev–Trinajstić information content (AvgIpc) is 3.06. The number of ether oxygens (including phenoxy) is 1. The molecule has 0 aliphatic rings. The normalized spacial score (nSPS) is 11.3. The van der Waals surface area contributed by atoms with Gasteiger partial charge in [0.1, 0.15) is 16.8 Å². The third kappa shape index (κ3) is 7.72. The maximum atomic E-state index is 5.94. The van der Waals surface area contributed by atoms with E-state index >= 15 is 0 Å². The number of hydrogen-bond acceptors (Lipinski definition) is 4. The molecule has 2 rings (SSSR count). The topological polar surface area (TPSA) is 35.0 Å². The highest BCUT2D eigenvalue weighted by Crippen LogP contribution is 2.24. The summed E-state index contributed by atoms with van der Waals surface area (Å²) >= 11 is 1.26. The lowest BCUT2D eigenvalue weighted by Crippen LogP contribution is -1.99. The van der Waals surface area contributed by atoms with E-state index in [9.17, 15) is 0 Å². The van der Waals surface area contributed by atoms with E-state index in [1.54, 1.807) is 0 Å². The minimum absolute atomic E-state index is 0.807. The fraction of sp³-hybridized carbons (Fsp3) is 0.714. The molecule has 0 saturated heterocycles. The zero-order valence-corrected chi connectivity index (χ0v) is 16.9. The van der Waals surface area contributed by atoms with Gasteiger partial charge in [-0.25, -0.2) is 0 Å². The first kappa shape index (κ1) is 20.2. The Kier molecular flexibility index (Phi) is 9.86. The van der Waals surface area contributed by atoms with Crippen molar-refractivity contribution in [1.29, 1.82) is 0 Å². The van der Waals surface area contributed by atoms with Crippen LogP contribution in [0.15, 0.2) is 12.1 Å². The highest BCUT2D eigenvalue weighted by Gasteiger charge is 2.05. The van der Waals surface area contributed by atoms with Gasteiger partial charge in [-0.05, 0) is 25.0 Å². The lowest BCUT2D eigenvalue weighted by atomic mass is 10.1. The summed E-state index contributed by atoms with van der Waals surface area (Å²) in [6, 6.07) is 4.09. The van der Waals surface area contributed by atoms with Gasteiger partial charge < -0.3 is 4.74 Å². The largest absolute Gasteiger partial charge is 0.493 e. The molecule has 3 nitrogen and oxygen atoms in total. The minimum atomic E-state index is 0.807. The molecule has 0 amide bonds. The van der Waals surface area contributed by atoms with E-state index in [1.807, 2.05) is 6.07 Å². The van der Waals surface area contributed by atoms with Crippen LogP contribution in [0.2, 0.25) is 0 Å². The van der Waals surface area contributed by atoms with Crippen LogP contribution in [0.3, 0.4) is 0 Å². The maximum Gasteiger partial charge on any atom is 0.124 e. The van der Waals surface area contributed by atoms with E-state index in [4.69, 9.17) is 4.74 Å². The van der Waals surface area contributed by atoms with Crippen molar-refractivity contribution in [2.45, 2.75) is 90.9 Å². The highest BCUT2D eigenvalue weighted by atomic mass is 32.1. The Morgan fingerprint density at radius 2 is 1.28 bits per heavy atom. The second-order valence-electron chi connectivity index (χ2n) is 7.11. The Balaban J connectivity index is 1.45. The molecule has 0 saturated carbocycles. The standard InChI is InChI=1S/C21H34N2OS/c1-3-4-5-6-7-8-9-10-11-12-13-14-15-24-21-17-20-19(16-18(21)2)22-25-23-20/h16-17H,3-15H2,1-2H3. The van der Waals surface area contributed by atoms with Gasteiger partial charge in [0.15, 0.2) is 0 Å². The van der Waals surface area contributed by atoms with Crippen molar-refractivity contribution in [3.05, 3.63) is 17.7 Å². The van der Waals surface area contributed by atoms with Crippen molar-refractivity contribution in [2.75, 3.05) is 6.61 Å². The number of fused-ring (bicyclic) bond motifs is 1. The minimum Gasteiger partial charge on any atom is -0.493 e. The van der Waals surface area contributed by atoms with Crippen molar-refractivity contribution in [2.24, 2.45) is 0 Å². The molecule has 0 atom stereocenters. The van der Waals surface area contributed by atoms with Gasteiger partial charge in [0.05, 0.1) is 18.3 Å². The Morgan fingerprint density at radius 3 is 1.88 bits per heavy atom. The number of rotatable bonds is 14. The Hall–Kier alpha value is -1.16. The average molecular weight is 363 g/mol. The van der Waals surface area contributed by atoms with Gasteiger partial charge >= 0.3 is 0 Å². The Labute approximate surface area is 157 Å². The molecule has 0 radical (unpaired) electrons. The summed E-state index contributed by atoms with van der Waals surface area (Å²) in [5.41, 5.74) is 3.07. The van der Waals surface area contributed by atoms with Crippen LogP contribution in [-0.4, -0.2) is 15.4 Å². The number of aromatic nitrogens is 2. The molecule has 0 aliphatic carbocycles. The molecule has 0 N–H and O–H groups in total. The van der Waals surface area contributed by atoms with Crippen LogP contribution in [0.1, 0.15) is 89.5 Å². The molecule has 2 aromatic rings. The molecule has 0 bridgehead atoms. The summed E-state index contributed by atoms with van der Waals surface area (Å²) in [4.78, 5) is 0. The van der Waals surface area contributed by atoms with E-state index in [2.05, 4.69) is 28.7 Å². The number of benzene rings is 1. The molecular weight excluding hydrogens is 328 g/mol. The number of aryl methyl sites for hydroxylation is 1. The van der Waals surface area contributed by atoms with Crippen LogP contribution < -0.4 is 4.74 Å². The SMILES string of the molecule is CCCCCCCCCCCCCCOc1cc2nsnc2cc1C. The first-order valence-electron chi connectivity index (χ1n) is 10.2. The molecule has 4 heteroatoms. The molecule has 0 spiro atoms. The molecule has 0 fully saturated rings. The molecule has 25 heavy (non-hydrogen) atoms. The monoisotopic (exact) mass is 362 g/mol. The lowest BCUT2D eigenvalue weighted by molar-refractivity contribution is 0.302. The quantitative estimate of drug-likeness (QED) is 0.337. The first-order chi connectivity index (χ1) is 12.3. The summed E-state index contributed by atoms with van der Waals surface area (Å²) in [7, 11) is 0. The second kappa shape index (κ2) is 12.2. The molecule has 1 aromatic heterocycles. The van der Waals surface area contributed by atoms with Crippen molar-refractivity contribution in [1.82, 2.24) is 8.75 Å². The van der Waals surface area contributed by atoms with E-state index < -0.39 is 0 Å². The summed E-state index contributed by atoms with van der Waals surface area (Å²) in [6.45, 7) is 5.17. The smallest absolute Gasteiger partial charge is 0.124 e. The molecular formula is C21H34N2OS. The lowest BCUT2D eigenvalue weighted by Gasteiger charge is -2.09. The fourth-order valence-electron chi connectivity index (χ4n) is 3.20. The molecule has 1 heterocycles. The van der Waals surface area contributed by atoms with Crippen LogP contribution in [0.4, 0.5) is 0 Å². The van der Waals surface area contributed by atoms with Gasteiger partial charge in [0, 0.05) is 6.07 Å². The highest BCUT2D eigenvalue weighted by molar-refractivity contribution is 7.00. The zero-order chi connectivity index (χ0) is 17.7. The van der Waals surface area contributed by atoms with Crippen LogP contribution in [0.5, 0.6) is 5.75 Å². The summed E-state index contributed by atoms with van der Waals surface area (Å²) < 4.78 is 14.5. The molecule has 0 aliphatic heterocycles. The third-order valence-corrected chi connectivity index (χ3v) is 5.36. The summed E-state index contributed by atoms with van der Waals surface area (Å²) in [6.07, 6.45) is 16.5. The van der Waals surface area contributed by atoms with Crippen LogP contribution in [0.25, 0.3) is 11.0 Å². The van der Waals surface area contributed by atoms with Gasteiger partial charge in [-0.1, -0.05) is 77.6 Å². The Bertz CT molecular complexity index is 597. The first-order valence-corrected chi connectivity index (χ1v) is 10.9. The van der Waals surface area contributed by atoms with Crippen molar-refractivity contribution >= 4 is 22.8 Å². The van der Waals surface area contributed by atoms with Gasteiger partial charge in [-0.3, -0.25) is 0 Å². The van der Waals surface area contributed by atoms with Crippen molar-refractivity contribution in [3.63, 3.8) is 0 Å². The number of unbranched alkanes of at least 4 members (excludes halogenated alkanes) is 11. The third-order valence-electron chi connectivity index (χ3n) is 4.81. The fourth-order valence-corrected chi connectivity index (χ4v) is 3.71. The summed E-state index contributed by atoms with van der Waals surface area (Å²) in [5, 5.41) is 0. The number of hydrogen-bond donors (Lipinski definition) is 0. The van der Waals surface area contributed by atoms with Crippen molar-refractivity contribution in [3.8, 4) is 5.75 Å². The van der Waals surface area contributed by atoms with Gasteiger partial charge in [-0.2, -0.15) is 8.75 Å². The van der Waals surface area contributed by atoms with E-state index in [1.165, 1.54) is 82.4 Å². The van der Waals surface area contributed by atoms with Gasteiger partial charge in [0.25, 0.3) is 0 Å². The zero-order valence-electron chi connectivity index (χ0n) is 16.1. The van der Waals surface area contributed by atoms with E-state index in [0.29, 0.717) is 0 Å². The van der Waals surface area contributed by atoms with Crippen LogP contribution in [-0.2, 0) is 0 Å². The van der Waals surface area contributed by atoms with Crippen molar-refractivity contribution < 1.29 is 4.74 Å². The number of nitrogens with zero attached hydrogens (tertiary/aromatic N) is 2. The Morgan fingerprint density at radius 1 is 0.760 bits per heavy atom. The predicted octanol–water partition coefficient (Wildman–Crippen LogP) is 7.08. The van der Waals surface area contributed by atoms with Gasteiger partial charge in [0.2, 0.25) is 0 Å².